The van der Waals surface area contributed by atoms with E-state index in [-0.39, 0.29) is 32.5 Å². The Bertz CT molecular complexity index is 1210. The Balaban J connectivity index is 1.74. The third-order valence-electron chi connectivity index (χ3n) is 5.65. The Labute approximate surface area is 213 Å². The number of nitrogens with one attached hydrogen (secondary N) is 1. The van der Waals surface area contributed by atoms with Crippen molar-refractivity contribution in [3.05, 3.63) is 89.0 Å². The van der Waals surface area contributed by atoms with Gasteiger partial charge in [-0.25, -0.2) is 0 Å². The number of halogens is 3. The van der Waals surface area contributed by atoms with E-state index in [4.69, 9.17) is 14.2 Å². The highest BCUT2D eigenvalue weighted by Gasteiger charge is 2.31. The summed E-state index contributed by atoms with van der Waals surface area (Å²) in [6.45, 7) is 0.464. The van der Waals surface area contributed by atoms with Gasteiger partial charge < -0.3 is 19.5 Å². The zero-order valence-corrected chi connectivity index (χ0v) is 20.6. The van der Waals surface area contributed by atoms with Crippen LogP contribution in [0.1, 0.15) is 28.7 Å². The van der Waals surface area contributed by atoms with Gasteiger partial charge in [0, 0.05) is 18.7 Å². The fourth-order valence-corrected chi connectivity index (χ4v) is 3.73. The highest BCUT2D eigenvalue weighted by atomic mass is 19.4. The molecule has 0 saturated carbocycles. The standard InChI is InChI=1S/C28H28F3NO5/c1-35-25-11-8-20(14-21(25)16-27(34)36-2)24-10-9-23(28(29,30)31)15-22(24)17-32-13-12-26(33)37-18-19-6-4-3-5-7-19/h3-11,14-15,32H,12-13,16-18H2,1-2H3. The number of alkyl halides is 3. The first-order chi connectivity index (χ1) is 17.7. The van der Waals surface area contributed by atoms with Gasteiger partial charge in [0.1, 0.15) is 12.4 Å². The fraction of sp³-hybridized carbons (Fsp3) is 0.286. The summed E-state index contributed by atoms with van der Waals surface area (Å²) in [5.41, 5.74) is 2.20. The van der Waals surface area contributed by atoms with Crippen LogP contribution in [0.3, 0.4) is 0 Å². The minimum Gasteiger partial charge on any atom is -0.496 e. The third kappa shape index (κ3) is 8.08. The zero-order chi connectivity index (χ0) is 26.8. The van der Waals surface area contributed by atoms with Crippen LogP contribution in [0.15, 0.2) is 66.7 Å². The maximum atomic E-state index is 13.4. The molecule has 0 saturated heterocycles. The molecule has 0 heterocycles. The Morgan fingerprint density at radius 2 is 1.65 bits per heavy atom. The highest BCUT2D eigenvalue weighted by Crippen LogP contribution is 2.35. The van der Waals surface area contributed by atoms with Gasteiger partial charge in [0.2, 0.25) is 0 Å². The molecule has 0 aromatic heterocycles. The summed E-state index contributed by atoms with van der Waals surface area (Å²) < 4.78 is 55.5. The molecule has 0 atom stereocenters. The van der Waals surface area contributed by atoms with Crippen LogP contribution in [-0.2, 0) is 44.8 Å². The van der Waals surface area contributed by atoms with Crippen molar-refractivity contribution in [1.82, 2.24) is 5.32 Å². The van der Waals surface area contributed by atoms with Gasteiger partial charge in [0.15, 0.2) is 0 Å². The fourth-order valence-electron chi connectivity index (χ4n) is 3.73. The Morgan fingerprint density at radius 3 is 2.32 bits per heavy atom. The van der Waals surface area contributed by atoms with Gasteiger partial charge >= 0.3 is 18.1 Å². The van der Waals surface area contributed by atoms with Crippen molar-refractivity contribution in [3.63, 3.8) is 0 Å². The van der Waals surface area contributed by atoms with Crippen LogP contribution in [-0.4, -0.2) is 32.7 Å². The molecule has 0 unspecified atom stereocenters. The number of esters is 2. The molecular weight excluding hydrogens is 487 g/mol. The van der Waals surface area contributed by atoms with E-state index in [9.17, 15) is 22.8 Å². The highest BCUT2D eigenvalue weighted by molar-refractivity contribution is 5.76. The van der Waals surface area contributed by atoms with E-state index in [1.165, 1.54) is 20.3 Å². The summed E-state index contributed by atoms with van der Waals surface area (Å²) in [6.07, 6.45) is -4.50. The summed E-state index contributed by atoms with van der Waals surface area (Å²) in [7, 11) is 2.74. The molecule has 0 aliphatic rings. The second-order valence-corrected chi connectivity index (χ2v) is 8.22. The van der Waals surface area contributed by atoms with Crippen molar-refractivity contribution >= 4 is 11.9 Å². The number of hydrogen-bond acceptors (Lipinski definition) is 6. The number of methoxy groups -OCH3 is 2. The Morgan fingerprint density at radius 1 is 0.892 bits per heavy atom. The quantitative estimate of drug-likeness (QED) is 0.275. The van der Waals surface area contributed by atoms with E-state index in [2.05, 4.69) is 5.32 Å². The molecule has 6 nitrogen and oxygen atoms in total. The number of carbonyl (C=O) groups is 2. The molecule has 0 amide bonds. The molecular formula is C28H28F3NO5. The molecule has 0 aliphatic carbocycles. The minimum absolute atomic E-state index is 0.0488. The molecule has 3 aromatic carbocycles. The Hall–Kier alpha value is -3.85. The van der Waals surface area contributed by atoms with E-state index in [1.54, 1.807) is 18.2 Å². The summed E-state index contributed by atoms with van der Waals surface area (Å²) in [5.74, 6) is -0.415. The van der Waals surface area contributed by atoms with Crippen molar-refractivity contribution in [2.24, 2.45) is 0 Å². The molecule has 3 rings (SSSR count). The number of carbonyl (C=O) groups excluding carboxylic acids is 2. The van der Waals surface area contributed by atoms with Crippen LogP contribution in [0.2, 0.25) is 0 Å². The van der Waals surface area contributed by atoms with Crippen molar-refractivity contribution in [2.75, 3.05) is 20.8 Å². The van der Waals surface area contributed by atoms with Crippen LogP contribution in [0.4, 0.5) is 13.2 Å². The lowest BCUT2D eigenvalue weighted by atomic mass is 9.95. The average Bonchev–Trinajstić information content (AvgIpc) is 2.89. The van der Waals surface area contributed by atoms with Crippen LogP contribution >= 0.6 is 0 Å². The van der Waals surface area contributed by atoms with Crippen molar-refractivity contribution in [2.45, 2.75) is 32.2 Å². The molecule has 0 bridgehead atoms. The topological polar surface area (TPSA) is 73.9 Å². The molecule has 37 heavy (non-hydrogen) atoms. The van der Waals surface area contributed by atoms with Crippen LogP contribution < -0.4 is 10.1 Å². The van der Waals surface area contributed by atoms with Gasteiger partial charge in [-0.1, -0.05) is 42.5 Å². The maximum Gasteiger partial charge on any atom is 0.416 e. The average molecular weight is 516 g/mol. The molecule has 196 valence electrons. The molecule has 0 fully saturated rings. The Kier molecular flexibility index (Phi) is 9.68. The van der Waals surface area contributed by atoms with Crippen molar-refractivity contribution < 1.29 is 37.0 Å². The minimum atomic E-state index is -4.51. The van der Waals surface area contributed by atoms with Gasteiger partial charge in [-0.3, -0.25) is 9.59 Å². The molecule has 0 radical (unpaired) electrons. The lowest BCUT2D eigenvalue weighted by Crippen LogP contribution is -2.20. The lowest BCUT2D eigenvalue weighted by molar-refractivity contribution is -0.145. The first-order valence-corrected chi connectivity index (χ1v) is 11.6. The third-order valence-corrected chi connectivity index (χ3v) is 5.65. The predicted molar refractivity (Wildman–Crippen MR) is 132 cm³/mol. The summed E-state index contributed by atoms with van der Waals surface area (Å²) in [6, 6.07) is 17.8. The first kappa shape index (κ1) is 27.7. The number of rotatable bonds is 11. The predicted octanol–water partition coefficient (Wildman–Crippen LogP) is 5.32. The van der Waals surface area contributed by atoms with E-state index in [1.807, 2.05) is 30.3 Å². The normalized spacial score (nSPS) is 11.2. The van der Waals surface area contributed by atoms with Gasteiger partial charge in [-0.05, 0) is 46.5 Å². The molecule has 1 N–H and O–H groups in total. The molecule has 3 aromatic rings. The molecule has 9 heteroatoms. The zero-order valence-electron chi connectivity index (χ0n) is 20.6. The number of hydrogen-bond donors (Lipinski definition) is 1. The number of benzene rings is 3. The largest absolute Gasteiger partial charge is 0.496 e. The van der Waals surface area contributed by atoms with Gasteiger partial charge in [-0.15, -0.1) is 0 Å². The first-order valence-electron chi connectivity index (χ1n) is 11.6. The van der Waals surface area contributed by atoms with Gasteiger partial charge in [-0.2, -0.15) is 13.2 Å². The van der Waals surface area contributed by atoms with Crippen molar-refractivity contribution in [1.29, 1.82) is 0 Å². The summed E-state index contributed by atoms with van der Waals surface area (Å²) in [4.78, 5) is 23.9. The van der Waals surface area contributed by atoms with Gasteiger partial charge in [0.25, 0.3) is 0 Å². The van der Waals surface area contributed by atoms with E-state index in [0.717, 1.165) is 17.7 Å². The van der Waals surface area contributed by atoms with E-state index >= 15 is 0 Å². The maximum absolute atomic E-state index is 13.4. The van der Waals surface area contributed by atoms with Gasteiger partial charge in [0.05, 0.1) is 32.6 Å². The second kappa shape index (κ2) is 12.9. The van der Waals surface area contributed by atoms with E-state index in [0.29, 0.717) is 28.0 Å². The molecule has 0 aliphatic heterocycles. The molecule has 0 spiro atoms. The van der Waals surface area contributed by atoms with E-state index < -0.39 is 23.7 Å². The summed E-state index contributed by atoms with van der Waals surface area (Å²) in [5, 5.41) is 3.03. The van der Waals surface area contributed by atoms with Crippen LogP contribution in [0.25, 0.3) is 11.1 Å². The number of ether oxygens (including phenoxy) is 3. The monoisotopic (exact) mass is 515 g/mol. The van der Waals surface area contributed by atoms with Crippen LogP contribution in [0.5, 0.6) is 5.75 Å². The van der Waals surface area contributed by atoms with Crippen molar-refractivity contribution in [3.8, 4) is 16.9 Å². The smallest absolute Gasteiger partial charge is 0.416 e. The second-order valence-electron chi connectivity index (χ2n) is 8.22. The lowest BCUT2D eigenvalue weighted by Gasteiger charge is -2.16. The summed E-state index contributed by atoms with van der Waals surface area (Å²) >= 11 is 0. The SMILES string of the molecule is COC(=O)Cc1cc(-c2ccc(C(F)(F)F)cc2CNCCC(=O)OCc2ccccc2)ccc1OC. The van der Waals surface area contributed by atoms with Crippen LogP contribution in [0, 0.1) is 0 Å².